The van der Waals surface area contributed by atoms with Gasteiger partial charge >= 0.3 is 5.97 Å². The molecule has 0 aromatic heterocycles. The molecule has 0 amide bonds. The molecule has 0 N–H and O–H groups in total. The van der Waals surface area contributed by atoms with Gasteiger partial charge in [-0.15, -0.1) is 0 Å². The van der Waals surface area contributed by atoms with Crippen LogP contribution < -0.4 is 0 Å². The standard InChI is InChI=1S/C12H21NO2/c1-3-5-9-15-12(14)11-7-6-8-13(4-2)10-11/h7H,3-6,8-10H2,1-2H3. The Hall–Kier alpha value is -0.830. The summed E-state index contributed by atoms with van der Waals surface area (Å²) in [4.78, 5) is 13.9. The molecule has 3 heteroatoms. The third kappa shape index (κ3) is 4.04. The van der Waals surface area contributed by atoms with E-state index in [0.29, 0.717) is 6.61 Å². The zero-order valence-corrected chi connectivity index (χ0v) is 9.79. The molecule has 0 unspecified atom stereocenters. The molecule has 0 spiro atoms. The third-order valence-electron chi connectivity index (χ3n) is 2.67. The minimum absolute atomic E-state index is 0.124. The molecule has 15 heavy (non-hydrogen) atoms. The van der Waals surface area contributed by atoms with Crippen LogP contribution >= 0.6 is 0 Å². The van der Waals surface area contributed by atoms with E-state index >= 15 is 0 Å². The van der Waals surface area contributed by atoms with Crippen LogP contribution in [0.15, 0.2) is 11.6 Å². The summed E-state index contributed by atoms with van der Waals surface area (Å²) < 4.78 is 5.18. The average molecular weight is 211 g/mol. The Bertz CT molecular complexity index is 236. The van der Waals surface area contributed by atoms with Crippen LogP contribution in [0, 0.1) is 0 Å². The summed E-state index contributed by atoms with van der Waals surface area (Å²) in [5, 5.41) is 0. The van der Waals surface area contributed by atoms with Gasteiger partial charge in [0.05, 0.1) is 6.61 Å². The van der Waals surface area contributed by atoms with E-state index in [-0.39, 0.29) is 5.97 Å². The van der Waals surface area contributed by atoms with Gasteiger partial charge in [0.15, 0.2) is 0 Å². The smallest absolute Gasteiger partial charge is 0.334 e. The van der Waals surface area contributed by atoms with Crippen molar-refractivity contribution in [1.29, 1.82) is 0 Å². The monoisotopic (exact) mass is 211 g/mol. The summed E-state index contributed by atoms with van der Waals surface area (Å²) in [6.45, 7) is 7.57. The van der Waals surface area contributed by atoms with Gasteiger partial charge in [-0.25, -0.2) is 4.79 Å². The van der Waals surface area contributed by atoms with E-state index in [9.17, 15) is 4.79 Å². The summed E-state index contributed by atoms with van der Waals surface area (Å²) in [7, 11) is 0. The van der Waals surface area contributed by atoms with Crippen LogP contribution in [0.4, 0.5) is 0 Å². The number of esters is 1. The molecule has 1 aliphatic rings. The van der Waals surface area contributed by atoms with Gasteiger partial charge in [-0.3, -0.25) is 4.90 Å². The van der Waals surface area contributed by atoms with Crippen molar-refractivity contribution >= 4 is 5.97 Å². The van der Waals surface area contributed by atoms with Crippen molar-refractivity contribution in [2.75, 3.05) is 26.2 Å². The number of carbonyl (C=O) groups excluding carboxylic acids is 1. The number of carbonyl (C=O) groups is 1. The zero-order chi connectivity index (χ0) is 11.1. The molecule has 0 fully saturated rings. The second kappa shape index (κ2) is 6.62. The van der Waals surface area contributed by atoms with Crippen molar-refractivity contribution in [3.8, 4) is 0 Å². The van der Waals surface area contributed by atoms with Crippen LogP contribution in [0.25, 0.3) is 0 Å². The largest absolute Gasteiger partial charge is 0.462 e. The van der Waals surface area contributed by atoms with Crippen LogP contribution in [0.5, 0.6) is 0 Å². The number of unbranched alkanes of at least 4 members (excludes halogenated alkanes) is 1. The minimum Gasteiger partial charge on any atom is -0.462 e. The summed E-state index contributed by atoms with van der Waals surface area (Å²) in [6.07, 6.45) is 5.00. The van der Waals surface area contributed by atoms with E-state index < -0.39 is 0 Å². The Morgan fingerprint density at radius 1 is 1.53 bits per heavy atom. The van der Waals surface area contributed by atoms with E-state index in [0.717, 1.165) is 44.5 Å². The molecule has 1 heterocycles. The summed E-state index contributed by atoms with van der Waals surface area (Å²) in [6, 6.07) is 0. The predicted octanol–water partition coefficient (Wildman–Crippen LogP) is 1.98. The Morgan fingerprint density at radius 2 is 2.33 bits per heavy atom. The fourth-order valence-electron chi connectivity index (χ4n) is 1.63. The fraction of sp³-hybridized carbons (Fsp3) is 0.750. The molecular formula is C12H21NO2. The maximum absolute atomic E-state index is 11.6. The normalized spacial score (nSPS) is 17.3. The van der Waals surface area contributed by atoms with Gasteiger partial charge < -0.3 is 4.74 Å². The maximum atomic E-state index is 11.6. The first-order chi connectivity index (χ1) is 7.27. The van der Waals surface area contributed by atoms with Gasteiger partial charge in [-0.05, 0) is 19.4 Å². The Kier molecular flexibility index (Phi) is 5.40. The van der Waals surface area contributed by atoms with E-state index in [2.05, 4.69) is 18.7 Å². The molecule has 0 aromatic carbocycles. The maximum Gasteiger partial charge on any atom is 0.334 e. The lowest BCUT2D eigenvalue weighted by Crippen LogP contribution is -2.32. The summed E-state index contributed by atoms with van der Waals surface area (Å²) in [5.74, 6) is -0.124. The van der Waals surface area contributed by atoms with Gasteiger partial charge in [0.1, 0.15) is 0 Å². The van der Waals surface area contributed by atoms with Crippen LogP contribution in [0.1, 0.15) is 33.1 Å². The number of rotatable bonds is 5. The molecule has 0 saturated carbocycles. The van der Waals surface area contributed by atoms with Gasteiger partial charge in [0, 0.05) is 18.7 Å². The summed E-state index contributed by atoms with van der Waals surface area (Å²) in [5.41, 5.74) is 0.833. The van der Waals surface area contributed by atoms with Gasteiger partial charge in [0.25, 0.3) is 0 Å². The molecule has 0 saturated heterocycles. The molecule has 0 radical (unpaired) electrons. The van der Waals surface area contributed by atoms with E-state index in [1.54, 1.807) is 0 Å². The van der Waals surface area contributed by atoms with Crippen molar-refractivity contribution in [2.45, 2.75) is 33.1 Å². The molecule has 1 aliphatic heterocycles. The number of likely N-dealkylation sites (N-methyl/N-ethyl adjacent to an activating group) is 1. The number of ether oxygens (including phenoxy) is 1. The first-order valence-electron chi connectivity index (χ1n) is 5.86. The number of hydrogen-bond acceptors (Lipinski definition) is 3. The Balaban J connectivity index is 2.35. The second-order valence-corrected chi connectivity index (χ2v) is 3.88. The number of hydrogen-bond donors (Lipinski definition) is 0. The van der Waals surface area contributed by atoms with Crippen molar-refractivity contribution in [1.82, 2.24) is 4.90 Å². The third-order valence-corrected chi connectivity index (χ3v) is 2.67. The van der Waals surface area contributed by atoms with Crippen LogP contribution in [0.3, 0.4) is 0 Å². The molecule has 0 aromatic rings. The highest BCUT2D eigenvalue weighted by Crippen LogP contribution is 2.10. The van der Waals surface area contributed by atoms with E-state index in [4.69, 9.17) is 4.74 Å². The lowest BCUT2D eigenvalue weighted by molar-refractivity contribution is -0.139. The van der Waals surface area contributed by atoms with Gasteiger partial charge in [-0.1, -0.05) is 26.3 Å². The first kappa shape index (κ1) is 12.2. The van der Waals surface area contributed by atoms with E-state index in [1.807, 2.05) is 6.08 Å². The molecule has 1 rings (SSSR count). The van der Waals surface area contributed by atoms with Crippen molar-refractivity contribution in [2.24, 2.45) is 0 Å². The molecular weight excluding hydrogens is 190 g/mol. The molecule has 0 bridgehead atoms. The highest BCUT2D eigenvalue weighted by molar-refractivity contribution is 5.89. The Morgan fingerprint density at radius 3 is 3.00 bits per heavy atom. The first-order valence-corrected chi connectivity index (χ1v) is 5.86. The second-order valence-electron chi connectivity index (χ2n) is 3.88. The van der Waals surface area contributed by atoms with Crippen molar-refractivity contribution < 1.29 is 9.53 Å². The average Bonchev–Trinajstić information content (AvgIpc) is 2.29. The summed E-state index contributed by atoms with van der Waals surface area (Å²) >= 11 is 0. The predicted molar refractivity (Wildman–Crippen MR) is 60.7 cm³/mol. The topological polar surface area (TPSA) is 29.5 Å². The molecule has 0 aliphatic carbocycles. The molecule has 0 atom stereocenters. The lowest BCUT2D eigenvalue weighted by atomic mass is 10.1. The van der Waals surface area contributed by atoms with Crippen LogP contribution in [-0.4, -0.2) is 37.1 Å². The SMILES string of the molecule is CCCCOC(=O)C1=CCCN(CC)C1. The quantitative estimate of drug-likeness (QED) is 0.514. The zero-order valence-electron chi connectivity index (χ0n) is 9.79. The van der Waals surface area contributed by atoms with Crippen molar-refractivity contribution in [3.05, 3.63) is 11.6 Å². The molecule has 3 nitrogen and oxygen atoms in total. The minimum atomic E-state index is -0.124. The highest BCUT2D eigenvalue weighted by Gasteiger charge is 2.17. The lowest BCUT2D eigenvalue weighted by Gasteiger charge is -2.24. The molecule has 86 valence electrons. The fourth-order valence-corrected chi connectivity index (χ4v) is 1.63. The van der Waals surface area contributed by atoms with Crippen molar-refractivity contribution in [3.63, 3.8) is 0 Å². The Labute approximate surface area is 92.1 Å². The van der Waals surface area contributed by atoms with E-state index in [1.165, 1.54) is 0 Å². The van der Waals surface area contributed by atoms with Crippen LogP contribution in [0.2, 0.25) is 0 Å². The van der Waals surface area contributed by atoms with Crippen LogP contribution in [-0.2, 0) is 9.53 Å². The highest BCUT2D eigenvalue weighted by atomic mass is 16.5. The van der Waals surface area contributed by atoms with Gasteiger partial charge in [0.2, 0.25) is 0 Å². The number of nitrogens with zero attached hydrogens (tertiary/aromatic N) is 1. The van der Waals surface area contributed by atoms with Gasteiger partial charge in [-0.2, -0.15) is 0 Å².